The van der Waals surface area contributed by atoms with Crippen LogP contribution in [0.3, 0.4) is 0 Å². The van der Waals surface area contributed by atoms with Crippen LogP contribution in [0.4, 0.5) is 0 Å². The first-order valence-electron chi connectivity index (χ1n) is 6.92. The molecule has 0 saturated heterocycles. The van der Waals surface area contributed by atoms with Crippen LogP contribution in [0.15, 0.2) is 0 Å². The first-order chi connectivity index (χ1) is 8.91. The van der Waals surface area contributed by atoms with Crippen molar-refractivity contribution < 1.29 is 4.79 Å². The second-order valence-electron chi connectivity index (χ2n) is 5.69. The molecule has 1 aliphatic rings. The number of carbonyl (C=O) groups excluding carboxylic acids is 1. The van der Waals surface area contributed by atoms with E-state index >= 15 is 0 Å². The van der Waals surface area contributed by atoms with E-state index in [9.17, 15) is 4.79 Å². The van der Waals surface area contributed by atoms with E-state index in [1.807, 2.05) is 14.0 Å². The van der Waals surface area contributed by atoms with Gasteiger partial charge in [-0.05, 0) is 59.1 Å². The Morgan fingerprint density at radius 1 is 1.47 bits per heavy atom. The fraction of sp³-hybridized carbons (Fsp3) is 0.714. The molecule has 0 aromatic carbocycles. The first-order valence-corrected chi connectivity index (χ1v) is 6.92. The van der Waals surface area contributed by atoms with Crippen LogP contribution < -0.4 is 11.1 Å². The topological polar surface area (TPSA) is 72.9 Å². The van der Waals surface area contributed by atoms with E-state index in [-0.39, 0.29) is 11.9 Å². The Hall–Kier alpha value is -1.36. The zero-order valence-electron chi connectivity index (χ0n) is 12.3. The summed E-state index contributed by atoms with van der Waals surface area (Å²) in [5.41, 5.74) is 8.51. The zero-order chi connectivity index (χ0) is 14.2. The molecule has 1 aromatic rings. The van der Waals surface area contributed by atoms with Gasteiger partial charge >= 0.3 is 0 Å². The molecule has 0 radical (unpaired) electrons. The predicted octanol–water partition coefficient (Wildman–Crippen LogP) is 1.37. The van der Waals surface area contributed by atoms with Crippen molar-refractivity contribution in [1.29, 1.82) is 0 Å². The van der Waals surface area contributed by atoms with E-state index in [0.29, 0.717) is 0 Å². The van der Waals surface area contributed by atoms with Crippen molar-refractivity contribution in [2.24, 2.45) is 5.73 Å². The van der Waals surface area contributed by atoms with Crippen LogP contribution in [0.25, 0.3) is 0 Å². The molecule has 3 N–H and O–H groups in total. The van der Waals surface area contributed by atoms with E-state index in [1.165, 1.54) is 11.3 Å². The molecule has 106 valence electrons. The third-order valence-electron chi connectivity index (χ3n) is 4.71. The number of nitrogens with one attached hydrogen (secondary N) is 1. The van der Waals surface area contributed by atoms with Gasteiger partial charge in [0.05, 0.1) is 17.3 Å². The van der Waals surface area contributed by atoms with Gasteiger partial charge in [0.2, 0.25) is 5.91 Å². The van der Waals surface area contributed by atoms with Crippen molar-refractivity contribution in [3.63, 3.8) is 0 Å². The van der Waals surface area contributed by atoms with Crippen LogP contribution in [-0.2, 0) is 4.79 Å². The minimum Gasteiger partial charge on any atom is -0.368 e. The highest BCUT2D eigenvalue weighted by atomic mass is 16.1. The Morgan fingerprint density at radius 2 is 2.16 bits per heavy atom. The van der Waals surface area contributed by atoms with Crippen molar-refractivity contribution in [3.05, 3.63) is 17.0 Å². The van der Waals surface area contributed by atoms with E-state index in [2.05, 4.69) is 28.9 Å². The molecule has 0 bridgehead atoms. The molecule has 1 heterocycles. The van der Waals surface area contributed by atoms with E-state index in [0.717, 1.165) is 31.4 Å². The fourth-order valence-electron chi connectivity index (χ4n) is 3.13. The minimum atomic E-state index is -0.580. The molecule has 0 aliphatic heterocycles. The maximum Gasteiger partial charge on any atom is 0.237 e. The summed E-state index contributed by atoms with van der Waals surface area (Å²) in [6, 6.07) is 0.251. The van der Waals surface area contributed by atoms with Crippen molar-refractivity contribution >= 4 is 5.91 Å². The number of hydrogen-bond acceptors (Lipinski definition) is 3. The molecule has 5 heteroatoms. The number of hydrogen-bond donors (Lipinski definition) is 2. The Morgan fingerprint density at radius 3 is 2.63 bits per heavy atom. The average molecular weight is 264 g/mol. The summed E-state index contributed by atoms with van der Waals surface area (Å²) in [5.74, 6) is -0.252. The predicted molar refractivity (Wildman–Crippen MR) is 74.9 cm³/mol. The monoisotopic (exact) mass is 264 g/mol. The highest BCUT2D eigenvalue weighted by Crippen LogP contribution is 2.36. The molecule has 1 aliphatic carbocycles. The molecule has 2 unspecified atom stereocenters. The van der Waals surface area contributed by atoms with Crippen LogP contribution in [0.5, 0.6) is 0 Å². The summed E-state index contributed by atoms with van der Waals surface area (Å²) in [6.07, 6.45) is 3.58. The Bertz CT molecular complexity index is 494. The number of nitrogens with zero attached hydrogens (tertiary/aromatic N) is 2. The highest BCUT2D eigenvalue weighted by Gasteiger charge is 2.41. The largest absolute Gasteiger partial charge is 0.368 e. The normalized spacial score (nSPS) is 27.5. The highest BCUT2D eigenvalue weighted by molar-refractivity contribution is 5.84. The number of aryl methyl sites for hydroxylation is 1. The van der Waals surface area contributed by atoms with Gasteiger partial charge in [0, 0.05) is 5.69 Å². The maximum atomic E-state index is 11.8. The molecular formula is C14H24N4O. The summed E-state index contributed by atoms with van der Waals surface area (Å²) in [7, 11) is 1.82. The SMILES string of the molecule is CNC1(C(N)=O)CCCC(n2nc(C)c(C)c2C)C1. The summed E-state index contributed by atoms with van der Waals surface area (Å²) >= 11 is 0. The van der Waals surface area contributed by atoms with Crippen molar-refractivity contribution in [1.82, 2.24) is 15.1 Å². The summed E-state index contributed by atoms with van der Waals surface area (Å²) in [6.45, 7) is 6.22. The lowest BCUT2D eigenvalue weighted by Crippen LogP contribution is -2.56. The number of primary amides is 1. The molecule has 19 heavy (non-hydrogen) atoms. The average Bonchev–Trinajstić information content (AvgIpc) is 2.66. The van der Waals surface area contributed by atoms with Gasteiger partial charge in [-0.1, -0.05) is 0 Å². The molecular weight excluding hydrogens is 240 g/mol. The number of amides is 1. The number of rotatable bonds is 3. The third kappa shape index (κ3) is 2.27. The van der Waals surface area contributed by atoms with Crippen molar-refractivity contribution in [2.45, 2.75) is 58.0 Å². The summed E-state index contributed by atoms with van der Waals surface area (Å²) in [4.78, 5) is 11.8. The Kier molecular flexibility index (Phi) is 3.67. The van der Waals surface area contributed by atoms with Crippen LogP contribution in [0.1, 0.15) is 48.7 Å². The van der Waals surface area contributed by atoms with Crippen molar-refractivity contribution in [2.75, 3.05) is 7.05 Å². The smallest absolute Gasteiger partial charge is 0.237 e. The number of likely N-dealkylation sites (N-methyl/N-ethyl adjacent to an activating group) is 1. The van der Waals surface area contributed by atoms with Crippen LogP contribution in [0.2, 0.25) is 0 Å². The van der Waals surface area contributed by atoms with E-state index < -0.39 is 5.54 Å². The zero-order valence-corrected chi connectivity index (χ0v) is 12.3. The van der Waals surface area contributed by atoms with Crippen LogP contribution in [0, 0.1) is 20.8 Å². The third-order valence-corrected chi connectivity index (χ3v) is 4.71. The quantitative estimate of drug-likeness (QED) is 0.866. The van der Waals surface area contributed by atoms with E-state index in [1.54, 1.807) is 0 Å². The molecule has 0 spiro atoms. The molecule has 2 rings (SSSR count). The number of carbonyl (C=O) groups is 1. The number of aromatic nitrogens is 2. The van der Waals surface area contributed by atoms with Crippen LogP contribution >= 0.6 is 0 Å². The Labute approximate surface area is 114 Å². The van der Waals surface area contributed by atoms with Gasteiger partial charge in [-0.3, -0.25) is 9.48 Å². The minimum absolute atomic E-state index is 0.251. The lowest BCUT2D eigenvalue weighted by Gasteiger charge is -2.38. The van der Waals surface area contributed by atoms with Gasteiger partial charge in [-0.2, -0.15) is 5.10 Å². The molecule has 1 aromatic heterocycles. The van der Waals surface area contributed by atoms with Crippen molar-refractivity contribution in [3.8, 4) is 0 Å². The fourth-order valence-corrected chi connectivity index (χ4v) is 3.13. The standard InChI is InChI=1S/C14H24N4O/c1-9-10(2)17-18(11(9)3)12-6-5-7-14(8-12,16-4)13(15)19/h12,16H,5-8H2,1-4H3,(H2,15,19). The molecule has 1 saturated carbocycles. The van der Waals surface area contributed by atoms with Gasteiger partial charge in [0.1, 0.15) is 0 Å². The van der Waals surface area contributed by atoms with Gasteiger partial charge in [0.25, 0.3) is 0 Å². The molecule has 5 nitrogen and oxygen atoms in total. The van der Waals surface area contributed by atoms with Gasteiger partial charge in [0.15, 0.2) is 0 Å². The molecule has 2 atom stereocenters. The Balaban J connectivity index is 2.31. The lowest BCUT2D eigenvalue weighted by molar-refractivity contribution is -0.126. The molecule has 1 amide bonds. The van der Waals surface area contributed by atoms with Gasteiger partial charge in [-0.15, -0.1) is 0 Å². The second-order valence-corrected chi connectivity index (χ2v) is 5.69. The number of nitrogens with two attached hydrogens (primary N) is 1. The molecule has 1 fully saturated rings. The summed E-state index contributed by atoms with van der Waals surface area (Å²) in [5, 5.41) is 7.77. The van der Waals surface area contributed by atoms with Gasteiger partial charge < -0.3 is 11.1 Å². The lowest BCUT2D eigenvalue weighted by atomic mass is 9.78. The maximum absolute atomic E-state index is 11.8. The van der Waals surface area contributed by atoms with Gasteiger partial charge in [-0.25, -0.2) is 0 Å². The summed E-state index contributed by atoms with van der Waals surface area (Å²) < 4.78 is 2.08. The van der Waals surface area contributed by atoms with Crippen LogP contribution in [-0.4, -0.2) is 28.3 Å². The second kappa shape index (κ2) is 4.96. The van der Waals surface area contributed by atoms with E-state index in [4.69, 9.17) is 5.73 Å². The first kappa shape index (κ1) is 14.1.